The zero-order chi connectivity index (χ0) is 11.6. The molecule has 2 N–H and O–H groups in total. The number of nitrogens with zero attached hydrogens (tertiary/aromatic N) is 2. The van der Waals surface area contributed by atoms with E-state index >= 15 is 0 Å². The first kappa shape index (κ1) is 12.6. The quantitative estimate of drug-likeness (QED) is 0.804. The van der Waals surface area contributed by atoms with Gasteiger partial charge in [0, 0.05) is 17.4 Å². The Balaban J connectivity index is 3.04. The Morgan fingerprint density at radius 3 is 2.47 bits per heavy atom. The van der Waals surface area contributed by atoms with Crippen LogP contribution in [0.25, 0.3) is 0 Å². The molecule has 0 aliphatic heterocycles. The summed E-state index contributed by atoms with van der Waals surface area (Å²) < 4.78 is 2.18. The molecule has 1 heterocycles. The van der Waals surface area contributed by atoms with Gasteiger partial charge in [0.25, 0.3) is 0 Å². The minimum atomic E-state index is 0.212. The second-order valence-electron chi connectivity index (χ2n) is 4.75. The standard InChI is InChI=1S/C11H21N3S/c1-8-9(6-7-12)10(14(5)13-8)15-11(2,3)4/h6-7,12H2,1-5H3. The smallest absolute Gasteiger partial charge is 0.0976 e. The summed E-state index contributed by atoms with van der Waals surface area (Å²) in [7, 11) is 2.00. The van der Waals surface area contributed by atoms with Crippen LogP contribution in [-0.2, 0) is 13.5 Å². The van der Waals surface area contributed by atoms with Crippen LogP contribution in [0.1, 0.15) is 32.0 Å². The van der Waals surface area contributed by atoms with E-state index in [-0.39, 0.29) is 4.75 Å². The van der Waals surface area contributed by atoms with Gasteiger partial charge in [-0.25, -0.2) is 0 Å². The molecule has 0 saturated heterocycles. The minimum Gasteiger partial charge on any atom is -0.330 e. The fourth-order valence-corrected chi connectivity index (χ4v) is 2.66. The van der Waals surface area contributed by atoms with E-state index in [9.17, 15) is 0 Å². The van der Waals surface area contributed by atoms with Crippen molar-refractivity contribution in [2.75, 3.05) is 6.54 Å². The molecule has 0 atom stereocenters. The Bertz CT molecular complexity index is 336. The molecule has 15 heavy (non-hydrogen) atoms. The lowest BCUT2D eigenvalue weighted by Gasteiger charge is -2.18. The van der Waals surface area contributed by atoms with Crippen molar-refractivity contribution in [1.82, 2.24) is 9.78 Å². The molecule has 0 fully saturated rings. The average Bonchev–Trinajstić information content (AvgIpc) is 2.30. The zero-order valence-corrected chi connectivity index (χ0v) is 11.1. The lowest BCUT2D eigenvalue weighted by Crippen LogP contribution is -2.11. The maximum atomic E-state index is 5.63. The highest BCUT2D eigenvalue weighted by Gasteiger charge is 2.19. The molecular weight excluding hydrogens is 206 g/mol. The summed E-state index contributed by atoms with van der Waals surface area (Å²) >= 11 is 1.86. The second-order valence-corrected chi connectivity index (χ2v) is 6.56. The van der Waals surface area contributed by atoms with Crippen molar-refractivity contribution in [1.29, 1.82) is 0 Å². The fourth-order valence-electron chi connectivity index (χ4n) is 1.53. The lowest BCUT2D eigenvalue weighted by atomic mass is 10.2. The molecule has 0 spiro atoms. The molecule has 0 aliphatic carbocycles. The van der Waals surface area contributed by atoms with Crippen LogP contribution in [0.2, 0.25) is 0 Å². The van der Waals surface area contributed by atoms with E-state index in [4.69, 9.17) is 5.73 Å². The summed E-state index contributed by atoms with van der Waals surface area (Å²) in [6.07, 6.45) is 0.915. The molecule has 0 saturated carbocycles. The van der Waals surface area contributed by atoms with Gasteiger partial charge in [0.05, 0.1) is 10.7 Å². The van der Waals surface area contributed by atoms with Gasteiger partial charge < -0.3 is 5.73 Å². The number of nitrogens with two attached hydrogens (primary N) is 1. The van der Waals surface area contributed by atoms with Gasteiger partial charge in [0.1, 0.15) is 0 Å². The third-order valence-electron chi connectivity index (χ3n) is 2.09. The van der Waals surface area contributed by atoms with Crippen LogP contribution >= 0.6 is 11.8 Å². The van der Waals surface area contributed by atoms with Gasteiger partial charge in [-0.3, -0.25) is 4.68 Å². The summed E-state index contributed by atoms with van der Waals surface area (Å²) in [6.45, 7) is 9.38. The maximum absolute atomic E-state index is 5.63. The second kappa shape index (κ2) is 4.58. The van der Waals surface area contributed by atoms with E-state index in [0.717, 1.165) is 12.1 Å². The van der Waals surface area contributed by atoms with Gasteiger partial charge in [-0.1, -0.05) is 20.8 Å². The van der Waals surface area contributed by atoms with Gasteiger partial charge >= 0.3 is 0 Å². The van der Waals surface area contributed by atoms with Crippen LogP contribution in [-0.4, -0.2) is 21.1 Å². The van der Waals surface area contributed by atoms with Crippen molar-refractivity contribution in [3.8, 4) is 0 Å². The first-order valence-corrected chi connectivity index (χ1v) is 6.08. The molecule has 1 aromatic rings. The number of aromatic nitrogens is 2. The molecule has 4 heteroatoms. The van der Waals surface area contributed by atoms with Gasteiger partial charge in [0.2, 0.25) is 0 Å². The van der Waals surface area contributed by atoms with Crippen LogP contribution in [0.5, 0.6) is 0 Å². The number of hydrogen-bond donors (Lipinski definition) is 1. The molecule has 0 amide bonds. The SMILES string of the molecule is Cc1nn(C)c(SC(C)(C)C)c1CCN. The van der Waals surface area contributed by atoms with Crippen LogP contribution in [0.15, 0.2) is 5.03 Å². The summed E-state index contributed by atoms with van der Waals surface area (Å²) in [5.74, 6) is 0. The summed E-state index contributed by atoms with van der Waals surface area (Å²) in [4.78, 5) is 0. The van der Waals surface area contributed by atoms with Gasteiger partial charge in [-0.15, -0.1) is 11.8 Å². The first-order chi connectivity index (χ1) is 6.85. The Morgan fingerprint density at radius 2 is 2.00 bits per heavy atom. The molecule has 0 bridgehead atoms. The van der Waals surface area contributed by atoms with Crippen molar-refractivity contribution in [3.05, 3.63) is 11.3 Å². The summed E-state index contributed by atoms with van der Waals surface area (Å²) in [5.41, 5.74) is 8.04. The van der Waals surface area contributed by atoms with E-state index in [1.165, 1.54) is 10.6 Å². The zero-order valence-electron chi connectivity index (χ0n) is 10.3. The van der Waals surface area contributed by atoms with E-state index in [2.05, 4.69) is 32.8 Å². The monoisotopic (exact) mass is 227 g/mol. The maximum Gasteiger partial charge on any atom is 0.0976 e. The highest BCUT2D eigenvalue weighted by molar-refractivity contribution is 8.00. The Hall–Kier alpha value is -0.480. The van der Waals surface area contributed by atoms with Gasteiger partial charge in [-0.2, -0.15) is 5.10 Å². The number of rotatable bonds is 3. The molecule has 1 rings (SSSR count). The highest BCUT2D eigenvalue weighted by atomic mass is 32.2. The summed E-state index contributed by atoms with van der Waals surface area (Å²) in [5, 5.41) is 5.71. The molecular formula is C11H21N3S. The van der Waals surface area contributed by atoms with Crippen LogP contribution in [0, 0.1) is 6.92 Å². The van der Waals surface area contributed by atoms with Crippen LogP contribution in [0.4, 0.5) is 0 Å². The van der Waals surface area contributed by atoms with Crippen molar-refractivity contribution in [3.63, 3.8) is 0 Å². The van der Waals surface area contributed by atoms with Crippen molar-refractivity contribution < 1.29 is 0 Å². The molecule has 3 nitrogen and oxygen atoms in total. The molecule has 0 aliphatic rings. The Kier molecular flexibility index (Phi) is 3.84. The summed E-state index contributed by atoms with van der Waals surface area (Å²) in [6, 6.07) is 0. The molecule has 0 unspecified atom stereocenters. The Morgan fingerprint density at radius 1 is 1.40 bits per heavy atom. The first-order valence-electron chi connectivity index (χ1n) is 5.26. The van der Waals surface area contributed by atoms with Crippen molar-refractivity contribution >= 4 is 11.8 Å². The van der Waals surface area contributed by atoms with Crippen molar-refractivity contribution in [2.45, 2.75) is 43.9 Å². The number of hydrogen-bond acceptors (Lipinski definition) is 3. The molecule has 0 radical (unpaired) electrons. The molecule has 0 aromatic carbocycles. The normalized spacial score (nSPS) is 12.1. The molecule has 1 aromatic heterocycles. The Labute approximate surface area is 96.4 Å². The largest absolute Gasteiger partial charge is 0.330 e. The predicted octanol–water partition coefficient (Wildman–Crippen LogP) is 2.12. The van der Waals surface area contributed by atoms with Crippen LogP contribution < -0.4 is 5.73 Å². The fraction of sp³-hybridized carbons (Fsp3) is 0.727. The van der Waals surface area contributed by atoms with E-state index in [1.54, 1.807) is 0 Å². The van der Waals surface area contributed by atoms with E-state index in [0.29, 0.717) is 6.54 Å². The lowest BCUT2D eigenvalue weighted by molar-refractivity contribution is 0.680. The number of aryl methyl sites for hydroxylation is 2. The van der Waals surface area contributed by atoms with Crippen LogP contribution in [0.3, 0.4) is 0 Å². The number of thioether (sulfide) groups is 1. The van der Waals surface area contributed by atoms with Gasteiger partial charge in [0.15, 0.2) is 0 Å². The third-order valence-corrected chi connectivity index (χ3v) is 3.40. The van der Waals surface area contributed by atoms with Gasteiger partial charge in [-0.05, 0) is 19.9 Å². The predicted molar refractivity (Wildman–Crippen MR) is 66.3 cm³/mol. The molecule has 86 valence electrons. The minimum absolute atomic E-state index is 0.212. The topological polar surface area (TPSA) is 43.8 Å². The highest BCUT2D eigenvalue weighted by Crippen LogP contribution is 2.34. The third kappa shape index (κ3) is 3.24. The van der Waals surface area contributed by atoms with Crippen molar-refractivity contribution in [2.24, 2.45) is 12.8 Å². The average molecular weight is 227 g/mol. The van der Waals surface area contributed by atoms with E-state index in [1.807, 2.05) is 23.5 Å². The van der Waals surface area contributed by atoms with E-state index < -0.39 is 0 Å².